The van der Waals surface area contributed by atoms with E-state index in [9.17, 15) is 9.59 Å². The lowest BCUT2D eigenvalue weighted by Crippen LogP contribution is -2.24. The summed E-state index contributed by atoms with van der Waals surface area (Å²) in [5.41, 5.74) is 2.23. The number of unbranched alkanes of at least 4 members (excludes halogenated alkanes) is 1. The third-order valence-electron chi connectivity index (χ3n) is 3.52. The SMILES string of the molecule is CCCCNC(=O)c1ccc(CNC(=O)c2ccccc2)cc1. The van der Waals surface area contributed by atoms with Gasteiger partial charge in [0.25, 0.3) is 11.8 Å². The summed E-state index contributed by atoms with van der Waals surface area (Å²) < 4.78 is 0. The number of amides is 2. The Morgan fingerprint density at radius 2 is 1.43 bits per heavy atom. The first-order valence-corrected chi connectivity index (χ1v) is 7.91. The Hall–Kier alpha value is -2.62. The molecule has 0 saturated heterocycles. The zero-order valence-electron chi connectivity index (χ0n) is 13.3. The van der Waals surface area contributed by atoms with Crippen LogP contribution < -0.4 is 10.6 Å². The molecule has 23 heavy (non-hydrogen) atoms. The minimum absolute atomic E-state index is 0.0571. The van der Waals surface area contributed by atoms with Gasteiger partial charge in [-0.15, -0.1) is 0 Å². The highest BCUT2D eigenvalue weighted by Gasteiger charge is 2.06. The van der Waals surface area contributed by atoms with Crippen LogP contribution in [0.4, 0.5) is 0 Å². The molecular formula is C19H22N2O2. The van der Waals surface area contributed by atoms with Crippen LogP contribution in [0.15, 0.2) is 54.6 Å². The van der Waals surface area contributed by atoms with Crippen molar-refractivity contribution in [3.63, 3.8) is 0 Å². The minimum Gasteiger partial charge on any atom is -0.352 e. The topological polar surface area (TPSA) is 58.2 Å². The summed E-state index contributed by atoms with van der Waals surface area (Å²) in [6, 6.07) is 16.4. The molecule has 0 aliphatic rings. The Morgan fingerprint density at radius 3 is 2.09 bits per heavy atom. The van der Waals surface area contributed by atoms with Crippen LogP contribution in [0.5, 0.6) is 0 Å². The van der Waals surface area contributed by atoms with Crippen LogP contribution in [0.1, 0.15) is 46.0 Å². The fourth-order valence-corrected chi connectivity index (χ4v) is 2.13. The van der Waals surface area contributed by atoms with Gasteiger partial charge >= 0.3 is 0 Å². The van der Waals surface area contributed by atoms with Crippen molar-refractivity contribution < 1.29 is 9.59 Å². The van der Waals surface area contributed by atoms with Crippen LogP contribution in [0.3, 0.4) is 0 Å². The van der Waals surface area contributed by atoms with E-state index in [1.54, 1.807) is 24.3 Å². The van der Waals surface area contributed by atoms with Crippen molar-refractivity contribution in [1.82, 2.24) is 10.6 Å². The van der Waals surface area contributed by atoms with Crippen LogP contribution in [-0.2, 0) is 6.54 Å². The smallest absolute Gasteiger partial charge is 0.251 e. The maximum Gasteiger partial charge on any atom is 0.251 e. The monoisotopic (exact) mass is 310 g/mol. The van der Waals surface area contributed by atoms with Gasteiger partial charge in [-0.2, -0.15) is 0 Å². The van der Waals surface area contributed by atoms with E-state index in [0.29, 0.717) is 24.2 Å². The summed E-state index contributed by atoms with van der Waals surface area (Å²) in [6.07, 6.45) is 2.04. The van der Waals surface area contributed by atoms with E-state index >= 15 is 0 Å². The number of carbonyl (C=O) groups excluding carboxylic acids is 2. The molecule has 0 radical (unpaired) electrons. The Bertz CT molecular complexity index is 636. The van der Waals surface area contributed by atoms with Crippen molar-refractivity contribution in [3.05, 3.63) is 71.3 Å². The molecule has 2 aromatic carbocycles. The minimum atomic E-state index is -0.105. The predicted octanol–water partition coefficient (Wildman–Crippen LogP) is 3.15. The lowest BCUT2D eigenvalue weighted by molar-refractivity contribution is 0.0942. The van der Waals surface area contributed by atoms with Gasteiger partial charge in [0.05, 0.1) is 0 Å². The molecule has 2 amide bonds. The van der Waals surface area contributed by atoms with Crippen LogP contribution in [0.25, 0.3) is 0 Å². The summed E-state index contributed by atoms with van der Waals surface area (Å²) in [5.74, 6) is -0.162. The number of benzene rings is 2. The van der Waals surface area contributed by atoms with E-state index in [0.717, 1.165) is 18.4 Å². The third-order valence-corrected chi connectivity index (χ3v) is 3.52. The van der Waals surface area contributed by atoms with E-state index in [2.05, 4.69) is 17.6 Å². The molecule has 0 atom stereocenters. The van der Waals surface area contributed by atoms with Crippen molar-refractivity contribution in [2.45, 2.75) is 26.3 Å². The molecule has 0 bridgehead atoms. The van der Waals surface area contributed by atoms with Gasteiger partial charge in [-0.1, -0.05) is 43.7 Å². The Labute approximate surface area is 136 Å². The highest BCUT2D eigenvalue weighted by Crippen LogP contribution is 2.05. The zero-order chi connectivity index (χ0) is 16.5. The summed E-state index contributed by atoms with van der Waals surface area (Å²) in [6.45, 7) is 3.22. The molecule has 120 valence electrons. The Morgan fingerprint density at radius 1 is 0.826 bits per heavy atom. The summed E-state index contributed by atoms with van der Waals surface area (Å²) in [4.78, 5) is 23.9. The Kier molecular flexibility index (Phi) is 6.36. The average Bonchev–Trinajstić information content (AvgIpc) is 2.61. The first kappa shape index (κ1) is 16.7. The fraction of sp³-hybridized carbons (Fsp3) is 0.263. The maximum atomic E-state index is 12.0. The van der Waals surface area contributed by atoms with Gasteiger partial charge in [-0.05, 0) is 36.2 Å². The lowest BCUT2D eigenvalue weighted by Gasteiger charge is -2.07. The number of rotatable bonds is 7. The highest BCUT2D eigenvalue weighted by molar-refractivity contribution is 5.94. The molecule has 0 fully saturated rings. The van der Waals surface area contributed by atoms with Crippen LogP contribution in [-0.4, -0.2) is 18.4 Å². The van der Waals surface area contributed by atoms with Gasteiger partial charge in [0, 0.05) is 24.2 Å². The number of carbonyl (C=O) groups is 2. The molecule has 0 unspecified atom stereocenters. The molecule has 4 nitrogen and oxygen atoms in total. The van der Waals surface area contributed by atoms with Crippen molar-refractivity contribution in [3.8, 4) is 0 Å². The molecule has 0 aliphatic heterocycles. The molecular weight excluding hydrogens is 288 g/mol. The second kappa shape index (κ2) is 8.73. The molecule has 4 heteroatoms. The molecule has 2 aromatic rings. The molecule has 0 aromatic heterocycles. The van der Waals surface area contributed by atoms with Gasteiger partial charge in [-0.3, -0.25) is 9.59 Å². The quantitative estimate of drug-likeness (QED) is 0.772. The van der Waals surface area contributed by atoms with Crippen LogP contribution >= 0.6 is 0 Å². The largest absolute Gasteiger partial charge is 0.352 e. The summed E-state index contributed by atoms with van der Waals surface area (Å²) in [7, 11) is 0. The van der Waals surface area contributed by atoms with E-state index in [-0.39, 0.29) is 11.8 Å². The average molecular weight is 310 g/mol. The van der Waals surface area contributed by atoms with Gasteiger partial charge in [0.15, 0.2) is 0 Å². The number of hydrogen-bond acceptors (Lipinski definition) is 2. The molecule has 0 saturated carbocycles. The predicted molar refractivity (Wildman–Crippen MR) is 91.3 cm³/mol. The lowest BCUT2D eigenvalue weighted by atomic mass is 10.1. The summed E-state index contributed by atoms with van der Waals surface area (Å²) in [5, 5.41) is 5.75. The second-order valence-electron chi connectivity index (χ2n) is 5.36. The van der Waals surface area contributed by atoms with Crippen molar-refractivity contribution in [2.75, 3.05) is 6.54 Å². The third kappa shape index (κ3) is 5.25. The van der Waals surface area contributed by atoms with Crippen molar-refractivity contribution in [1.29, 1.82) is 0 Å². The first-order chi connectivity index (χ1) is 11.2. The first-order valence-electron chi connectivity index (χ1n) is 7.91. The Balaban J connectivity index is 1.85. The molecule has 2 N–H and O–H groups in total. The molecule has 2 rings (SSSR count). The van der Waals surface area contributed by atoms with Crippen LogP contribution in [0.2, 0.25) is 0 Å². The summed E-state index contributed by atoms with van der Waals surface area (Å²) >= 11 is 0. The fourth-order valence-electron chi connectivity index (χ4n) is 2.13. The highest BCUT2D eigenvalue weighted by atomic mass is 16.2. The normalized spacial score (nSPS) is 10.1. The van der Waals surface area contributed by atoms with Crippen LogP contribution in [0, 0.1) is 0 Å². The van der Waals surface area contributed by atoms with E-state index in [1.165, 1.54) is 0 Å². The molecule has 0 aliphatic carbocycles. The molecule has 0 spiro atoms. The van der Waals surface area contributed by atoms with Gasteiger partial charge in [-0.25, -0.2) is 0 Å². The van der Waals surface area contributed by atoms with Crippen molar-refractivity contribution >= 4 is 11.8 Å². The van der Waals surface area contributed by atoms with Gasteiger partial charge < -0.3 is 10.6 Å². The van der Waals surface area contributed by atoms with Gasteiger partial charge in [0.2, 0.25) is 0 Å². The van der Waals surface area contributed by atoms with E-state index in [4.69, 9.17) is 0 Å². The number of hydrogen-bond donors (Lipinski definition) is 2. The number of nitrogens with one attached hydrogen (secondary N) is 2. The van der Waals surface area contributed by atoms with Crippen molar-refractivity contribution in [2.24, 2.45) is 0 Å². The maximum absolute atomic E-state index is 12.0. The molecule has 0 heterocycles. The van der Waals surface area contributed by atoms with E-state index in [1.807, 2.05) is 30.3 Å². The zero-order valence-corrected chi connectivity index (χ0v) is 13.3. The standard InChI is InChI=1S/C19H22N2O2/c1-2-3-13-20-18(22)17-11-9-15(10-12-17)14-21-19(23)16-7-5-4-6-8-16/h4-12H,2-3,13-14H2,1H3,(H,20,22)(H,21,23). The van der Waals surface area contributed by atoms with E-state index < -0.39 is 0 Å². The second-order valence-corrected chi connectivity index (χ2v) is 5.36. The van der Waals surface area contributed by atoms with Gasteiger partial charge in [0.1, 0.15) is 0 Å².